The summed E-state index contributed by atoms with van der Waals surface area (Å²) >= 11 is 6.09. The molecule has 9 nitrogen and oxygen atoms in total. The summed E-state index contributed by atoms with van der Waals surface area (Å²) in [5.41, 5.74) is 4.05. The lowest BCUT2D eigenvalue weighted by Crippen LogP contribution is -2.66. The Balaban J connectivity index is 1.29. The first-order valence-electron chi connectivity index (χ1n) is 10.6. The number of hydrogen-bond acceptors (Lipinski definition) is 6. The van der Waals surface area contributed by atoms with E-state index in [-0.39, 0.29) is 11.6 Å². The van der Waals surface area contributed by atoms with Gasteiger partial charge in [-0.05, 0) is 36.4 Å². The van der Waals surface area contributed by atoms with Crippen molar-refractivity contribution in [3.8, 4) is 11.4 Å². The fourth-order valence-electron chi connectivity index (χ4n) is 4.33. The molecule has 2 N–H and O–H groups in total. The SMILES string of the molecule is Cn1cc(C(=O)Nc2cc(Cl)cc(NS(C)(=O)=O)c2)cc1-c1ccc(N2CC3(COC3)C2)cn1. The number of carbonyl (C=O) groups is 1. The van der Waals surface area contributed by atoms with Crippen molar-refractivity contribution in [2.45, 2.75) is 0 Å². The summed E-state index contributed by atoms with van der Waals surface area (Å²) in [6.07, 6.45) is 4.62. The summed E-state index contributed by atoms with van der Waals surface area (Å²) in [6.45, 7) is 3.67. The lowest BCUT2D eigenvalue weighted by Gasteiger charge is -2.55. The van der Waals surface area contributed by atoms with Crippen LogP contribution in [0.4, 0.5) is 17.1 Å². The van der Waals surface area contributed by atoms with E-state index in [1.54, 1.807) is 18.3 Å². The molecule has 0 unspecified atom stereocenters. The van der Waals surface area contributed by atoms with Gasteiger partial charge in [-0.15, -0.1) is 0 Å². The molecule has 3 aromatic rings. The number of halogens is 1. The van der Waals surface area contributed by atoms with E-state index in [1.807, 2.05) is 29.9 Å². The van der Waals surface area contributed by atoms with E-state index in [2.05, 4.69) is 19.9 Å². The van der Waals surface area contributed by atoms with Crippen LogP contribution in [0.25, 0.3) is 11.4 Å². The Labute approximate surface area is 202 Å². The second-order valence-corrected chi connectivity index (χ2v) is 11.2. The molecular weight excluding hydrogens is 478 g/mol. The Morgan fingerprint density at radius 2 is 1.88 bits per heavy atom. The predicted octanol–water partition coefficient (Wildman–Crippen LogP) is 3.20. The van der Waals surface area contributed by atoms with Gasteiger partial charge in [0, 0.05) is 37.0 Å². The van der Waals surface area contributed by atoms with Crippen molar-refractivity contribution >= 4 is 44.6 Å². The highest BCUT2D eigenvalue weighted by Crippen LogP contribution is 2.40. The number of rotatable bonds is 6. The van der Waals surface area contributed by atoms with Crippen LogP contribution in [0.1, 0.15) is 10.4 Å². The summed E-state index contributed by atoms with van der Waals surface area (Å²) < 4.78 is 32.5. The van der Waals surface area contributed by atoms with Crippen molar-refractivity contribution in [3.05, 3.63) is 59.4 Å². The third kappa shape index (κ3) is 4.61. The third-order valence-electron chi connectivity index (χ3n) is 5.97. The second kappa shape index (κ2) is 8.30. The molecule has 2 aromatic heterocycles. The molecule has 178 valence electrons. The first-order valence-corrected chi connectivity index (χ1v) is 12.9. The zero-order valence-corrected chi connectivity index (χ0v) is 20.3. The standard InChI is InChI=1S/C23H24ClN5O4S/c1-28-10-15(22(30)26-17-6-16(24)7-18(8-17)27-34(2,31)32)5-21(28)20-4-3-19(9-25-20)29-11-23(12-29)13-33-14-23/h3-10,27H,11-14H2,1-2H3,(H,26,30). The molecule has 34 heavy (non-hydrogen) atoms. The normalized spacial score (nSPS) is 16.6. The van der Waals surface area contributed by atoms with E-state index in [0.29, 0.717) is 21.7 Å². The highest BCUT2D eigenvalue weighted by Gasteiger charge is 2.49. The zero-order valence-electron chi connectivity index (χ0n) is 18.7. The van der Waals surface area contributed by atoms with E-state index >= 15 is 0 Å². The minimum Gasteiger partial charge on any atom is -0.380 e. The maximum Gasteiger partial charge on any atom is 0.257 e. The van der Waals surface area contributed by atoms with Gasteiger partial charge in [-0.2, -0.15) is 0 Å². The highest BCUT2D eigenvalue weighted by atomic mass is 35.5. The number of aromatic nitrogens is 2. The second-order valence-electron chi connectivity index (χ2n) is 9.03. The monoisotopic (exact) mass is 501 g/mol. The largest absolute Gasteiger partial charge is 0.380 e. The Morgan fingerprint density at radius 3 is 2.50 bits per heavy atom. The van der Waals surface area contributed by atoms with E-state index in [4.69, 9.17) is 16.3 Å². The number of anilines is 3. The summed E-state index contributed by atoms with van der Waals surface area (Å²) in [4.78, 5) is 19.8. The zero-order chi connectivity index (χ0) is 24.1. The Hall–Kier alpha value is -3.08. The fraction of sp³-hybridized carbons (Fsp3) is 0.304. The lowest BCUT2D eigenvalue weighted by molar-refractivity contribution is -0.127. The average Bonchev–Trinajstić information content (AvgIpc) is 3.06. The third-order valence-corrected chi connectivity index (χ3v) is 6.80. The molecule has 0 bridgehead atoms. The van der Waals surface area contributed by atoms with E-state index in [1.165, 1.54) is 12.1 Å². The van der Waals surface area contributed by atoms with Crippen LogP contribution in [0.2, 0.25) is 5.02 Å². The number of nitrogens with zero attached hydrogens (tertiary/aromatic N) is 3. The number of carbonyl (C=O) groups excluding carboxylic acids is 1. The van der Waals surface area contributed by atoms with Gasteiger partial charge in [-0.25, -0.2) is 8.42 Å². The number of pyridine rings is 1. The minimum absolute atomic E-state index is 0.265. The summed E-state index contributed by atoms with van der Waals surface area (Å²) in [7, 11) is -1.62. The van der Waals surface area contributed by atoms with Crippen LogP contribution in [0, 0.1) is 5.41 Å². The maximum atomic E-state index is 12.9. The van der Waals surface area contributed by atoms with Crippen LogP contribution < -0.4 is 14.9 Å². The molecule has 5 rings (SSSR count). The van der Waals surface area contributed by atoms with E-state index < -0.39 is 10.0 Å². The molecule has 0 atom stereocenters. The van der Waals surface area contributed by atoms with Crippen molar-refractivity contribution in [2.75, 3.05) is 47.5 Å². The number of amides is 1. The molecule has 2 aliphatic heterocycles. The number of sulfonamides is 1. The van der Waals surface area contributed by atoms with Crippen LogP contribution in [0.5, 0.6) is 0 Å². The molecule has 2 fully saturated rings. The predicted molar refractivity (Wildman–Crippen MR) is 132 cm³/mol. The Morgan fingerprint density at radius 1 is 1.15 bits per heavy atom. The molecule has 2 aliphatic rings. The molecular formula is C23H24ClN5O4S. The highest BCUT2D eigenvalue weighted by molar-refractivity contribution is 7.92. The van der Waals surface area contributed by atoms with E-state index in [9.17, 15) is 13.2 Å². The Kier molecular flexibility index (Phi) is 5.54. The molecule has 0 radical (unpaired) electrons. The van der Waals surface area contributed by atoms with Crippen molar-refractivity contribution in [1.82, 2.24) is 9.55 Å². The van der Waals surface area contributed by atoms with Gasteiger partial charge in [0.25, 0.3) is 5.91 Å². The first-order chi connectivity index (χ1) is 16.1. The molecule has 1 amide bonds. The molecule has 0 saturated carbocycles. The van der Waals surface area contributed by atoms with Gasteiger partial charge in [-0.3, -0.25) is 14.5 Å². The topological polar surface area (TPSA) is 106 Å². The smallest absolute Gasteiger partial charge is 0.257 e. The number of hydrogen-bond donors (Lipinski definition) is 2. The number of ether oxygens (including phenoxy) is 1. The summed E-state index contributed by atoms with van der Waals surface area (Å²) in [5, 5.41) is 3.06. The van der Waals surface area contributed by atoms with Gasteiger partial charge in [-0.1, -0.05) is 11.6 Å². The first kappa shape index (κ1) is 22.7. The van der Waals surface area contributed by atoms with Crippen LogP contribution >= 0.6 is 11.6 Å². The van der Waals surface area contributed by atoms with Crippen LogP contribution in [0.15, 0.2) is 48.8 Å². The van der Waals surface area contributed by atoms with E-state index in [0.717, 1.165) is 49.6 Å². The molecule has 2 saturated heterocycles. The van der Waals surface area contributed by atoms with Crippen molar-refractivity contribution < 1.29 is 17.9 Å². The van der Waals surface area contributed by atoms with Gasteiger partial charge >= 0.3 is 0 Å². The van der Waals surface area contributed by atoms with Gasteiger partial charge in [0.15, 0.2) is 0 Å². The molecule has 1 aromatic carbocycles. The van der Waals surface area contributed by atoms with Crippen molar-refractivity contribution in [2.24, 2.45) is 12.5 Å². The maximum absolute atomic E-state index is 12.9. The van der Waals surface area contributed by atoms with Crippen LogP contribution in [-0.4, -0.2) is 56.4 Å². The quantitative estimate of drug-likeness (QED) is 0.537. The minimum atomic E-state index is -3.48. The molecule has 1 spiro atoms. The summed E-state index contributed by atoms with van der Waals surface area (Å²) in [5.74, 6) is -0.348. The number of benzene rings is 1. The number of aryl methyl sites for hydroxylation is 1. The summed E-state index contributed by atoms with van der Waals surface area (Å²) in [6, 6.07) is 10.3. The van der Waals surface area contributed by atoms with Gasteiger partial charge in [0.1, 0.15) is 0 Å². The number of nitrogens with one attached hydrogen (secondary N) is 2. The average molecular weight is 502 g/mol. The van der Waals surface area contributed by atoms with Gasteiger partial charge in [0.05, 0.1) is 59.4 Å². The molecule has 0 aliphatic carbocycles. The van der Waals surface area contributed by atoms with Gasteiger partial charge in [0.2, 0.25) is 10.0 Å². The van der Waals surface area contributed by atoms with Crippen LogP contribution in [0.3, 0.4) is 0 Å². The molecule has 4 heterocycles. The van der Waals surface area contributed by atoms with Crippen molar-refractivity contribution in [1.29, 1.82) is 0 Å². The van der Waals surface area contributed by atoms with Crippen LogP contribution in [-0.2, 0) is 21.8 Å². The lowest BCUT2D eigenvalue weighted by atomic mass is 9.78. The molecule has 11 heteroatoms. The van der Waals surface area contributed by atoms with Gasteiger partial charge < -0.3 is 19.5 Å². The Bertz CT molecular complexity index is 1360. The fourth-order valence-corrected chi connectivity index (χ4v) is 5.11. The van der Waals surface area contributed by atoms with Crippen molar-refractivity contribution in [3.63, 3.8) is 0 Å².